The number of methoxy groups -OCH3 is 2. The predicted molar refractivity (Wildman–Crippen MR) is 107 cm³/mol. The third-order valence-electron chi connectivity index (χ3n) is 5.62. The van der Waals surface area contributed by atoms with Crippen molar-refractivity contribution in [2.45, 2.75) is 18.9 Å². The summed E-state index contributed by atoms with van der Waals surface area (Å²) < 4.78 is 12.4. The van der Waals surface area contributed by atoms with E-state index in [1.54, 1.807) is 32.4 Å². The highest BCUT2D eigenvalue weighted by Gasteiger charge is 2.35. The van der Waals surface area contributed by atoms with Gasteiger partial charge in [0.05, 0.1) is 14.2 Å². The van der Waals surface area contributed by atoms with Gasteiger partial charge in [0.1, 0.15) is 0 Å². The Bertz CT molecular complexity index is 979. The highest BCUT2D eigenvalue weighted by atomic mass is 16.5. The SMILES string of the molecule is COc1ccc(/C=C/C(=O)N2CC3C[C@@H](C2)Cn2c3cccc2=O)cc1OC. The number of fused-ring (bicyclic) bond motifs is 4. The molecule has 1 amide bonds. The van der Waals surface area contributed by atoms with Gasteiger partial charge in [0.15, 0.2) is 11.5 Å². The molecule has 4 rings (SSSR count). The first-order chi connectivity index (χ1) is 13.6. The lowest BCUT2D eigenvalue weighted by Gasteiger charge is -2.42. The molecule has 1 aromatic carbocycles. The average Bonchev–Trinajstić information content (AvgIpc) is 2.72. The molecule has 1 unspecified atom stereocenters. The Hall–Kier alpha value is -3.02. The van der Waals surface area contributed by atoms with Crippen molar-refractivity contribution >= 4 is 12.0 Å². The molecule has 0 aliphatic carbocycles. The minimum Gasteiger partial charge on any atom is -0.493 e. The van der Waals surface area contributed by atoms with Crippen LogP contribution in [0.25, 0.3) is 6.08 Å². The van der Waals surface area contributed by atoms with Gasteiger partial charge in [-0.3, -0.25) is 9.59 Å². The Morgan fingerprint density at radius 3 is 2.68 bits per heavy atom. The molecular formula is C22H24N2O4. The number of nitrogens with zero attached hydrogens (tertiary/aromatic N) is 2. The Kier molecular flexibility index (Phi) is 4.94. The standard InChI is InChI=1S/C22H24N2O4/c1-27-19-8-6-15(11-20(19)28-2)7-9-21(25)23-12-16-10-17(14-23)18-4-3-5-22(26)24(18)13-16/h3-9,11,16-17H,10,12-14H2,1-2H3/b9-7+/t16-,17?/m0/s1. The zero-order valence-electron chi connectivity index (χ0n) is 16.1. The highest BCUT2D eigenvalue weighted by molar-refractivity contribution is 5.92. The zero-order chi connectivity index (χ0) is 19.7. The van der Waals surface area contributed by atoms with Crippen LogP contribution in [0.5, 0.6) is 11.5 Å². The lowest BCUT2D eigenvalue weighted by Crippen LogP contribution is -2.48. The van der Waals surface area contributed by atoms with Crippen molar-refractivity contribution in [2.24, 2.45) is 5.92 Å². The number of ether oxygens (including phenoxy) is 2. The summed E-state index contributed by atoms with van der Waals surface area (Å²) in [5.41, 5.74) is 1.98. The molecular weight excluding hydrogens is 356 g/mol. The summed E-state index contributed by atoms with van der Waals surface area (Å²) in [4.78, 5) is 26.8. The number of amides is 1. The Morgan fingerprint density at radius 1 is 1.07 bits per heavy atom. The van der Waals surface area contributed by atoms with E-state index in [1.807, 2.05) is 39.8 Å². The fourth-order valence-corrected chi connectivity index (χ4v) is 4.31. The highest BCUT2D eigenvalue weighted by Crippen LogP contribution is 2.35. The number of pyridine rings is 1. The number of hydrogen-bond donors (Lipinski definition) is 0. The van der Waals surface area contributed by atoms with E-state index < -0.39 is 0 Å². The summed E-state index contributed by atoms with van der Waals surface area (Å²) in [6.07, 6.45) is 4.44. The molecule has 2 aliphatic rings. The van der Waals surface area contributed by atoms with Crippen LogP contribution in [-0.2, 0) is 11.3 Å². The maximum atomic E-state index is 12.8. The molecule has 1 saturated heterocycles. The summed E-state index contributed by atoms with van der Waals surface area (Å²) in [6, 6.07) is 11.0. The van der Waals surface area contributed by atoms with Gasteiger partial charge >= 0.3 is 0 Å². The Balaban J connectivity index is 1.49. The second kappa shape index (κ2) is 7.54. The maximum absolute atomic E-state index is 12.8. The molecule has 2 atom stereocenters. The van der Waals surface area contributed by atoms with Crippen molar-refractivity contribution in [3.05, 3.63) is 64.1 Å². The molecule has 2 aromatic rings. The number of piperidine rings is 1. The first kappa shape index (κ1) is 18.3. The Morgan fingerprint density at radius 2 is 1.89 bits per heavy atom. The lowest BCUT2D eigenvalue weighted by atomic mass is 9.83. The van der Waals surface area contributed by atoms with Crippen LogP contribution < -0.4 is 15.0 Å². The Labute approximate surface area is 164 Å². The number of carbonyl (C=O) groups is 1. The van der Waals surface area contributed by atoms with Crippen molar-refractivity contribution < 1.29 is 14.3 Å². The van der Waals surface area contributed by atoms with Gasteiger partial charge in [-0.2, -0.15) is 0 Å². The fourth-order valence-electron chi connectivity index (χ4n) is 4.31. The first-order valence-corrected chi connectivity index (χ1v) is 9.48. The fraction of sp³-hybridized carbons (Fsp3) is 0.364. The van der Waals surface area contributed by atoms with Crippen LogP contribution in [-0.4, -0.2) is 42.7 Å². The molecule has 2 aliphatic heterocycles. The van der Waals surface area contributed by atoms with E-state index in [-0.39, 0.29) is 17.4 Å². The number of hydrogen-bond acceptors (Lipinski definition) is 4. The van der Waals surface area contributed by atoms with E-state index in [9.17, 15) is 9.59 Å². The van der Waals surface area contributed by atoms with Crippen molar-refractivity contribution in [3.63, 3.8) is 0 Å². The summed E-state index contributed by atoms with van der Waals surface area (Å²) in [6.45, 7) is 2.02. The number of benzene rings is 1. The third-order valence-corrected chi connectivity index (χ3v) is 5.62. The summed E-state index contributed by atoms with van der Waals surface area (Å²) in [5, 5.41) is 0. The van der Waals surface area contributed by atoms with E-state index in [4.69, 9.17) is 9.47 Å². The van der Waals surface area contributed by atoms with Gasteiger partial charge in [-0.15, -0.1) is 0 Å². The largest absolute Gasteiger partial charge is 0.493 e. The number of rotatable bonds is 4. The predicted octanol–water partition coefficient (Wildman–Crippen LogP) is 2.52. The average molecular weight is 380 g/mol. The molecule has 146 valence electrons. The lowest BCUT2D eigenvalue weighted by molar-refractivity contribution is -0.128. The van der Waals surface area contributed by atoms with Crippen LogP contribution in [0.3, 0.4) is 0 Å². The van der Waals surface area contributed by atoms with Crippen LogP contribution in [0.15, 0.2) is 47.3 Å². The smallest absolute Gasteiger partial charge is 0.250 e. The van der Waals surface area contributed by atoms with Gasteiger partial charge in [0.2, 0.25) is 5.91 Å². The number of likely N-dealkylation sites (tertiary alicyclic amines) is 1. The molecule has 0 radical (unpaired) electrons. The molecule has 28 heavy (non-hydrogen) atoms. The van der Waals surface area contributed by atoms with Gasteiger partial charge in [0, 0.05) is 43.4 Å². The third kappa shape index (κ3) is 3.42. The van der Waals surface area contributed by atoms with Gasteiger partial charge in [0.25, 0.3) is 5.56 Å². The first-order valence-electron chi connectivity index (χ1n) is 9.48. The van der Waals surface area contributed by atoms with Gasteiger partial charge in [-0.1, -0.05) is 12.1 Å². The van der Waals surface area contributed by atoms with Crippen LogP contribution >= 0.6 is 0 Å². The van der Waals surface area contributed by atoms with Gasteiger partial charge in [-0.05, 0) is 42.2 Å². The molecule has 1 fully saturated rings. The molecule has 0 N–H and O–H groups in total. The van der Waals surface area contributed by atoms with E-state index in [0.717, 1.165) is 17.7 Å². The summed E-state index contributed by atoms with van der Waals surface area (Å²) in [5.74, 6) is 1.83. The van der Waals surface area contributed by atoms with Crippen LogP contribution in [0.2, 0.25) is 0 Å². The minimum atomic E-state index is -0.00351. The van der Waals surface area contributed by atoms with Crippen LogP contribution in [0.1, 0.15) is 23.6 Å². The molecule has 0 spiro atoms. The monoisotopic (exact) mass is 380 g/mol. The second-order valence-corrected chi connectivity index (χ2v) is 7.39. The second-order valence-electron chi connectivity index (χ2n) is 7.39. The molecule has 3 heterocycles. The summed E-state index contributed by atoms with van der Waals surface area (Å²) in [7, 11) is 3.18. The van der Waals surface area contributed by atoms with Crippen molar-refractivity contribution in [1.29, 1.82) is 0 Å². The van der Waals surface area contributed by atoms with Gasteiger partial charge < -0.3 is 18.9 Å². The molecule has 1 aromatic heterocycles. The zero-order valence-corrected chi connectivity index (χ0v) is 16.1. The number of aromatic nitrogens is 1. The van der Waals surface area contributed by atoms with Gasteiger partial charge in [-0.25, -0.2) is 0 Å². The normalized spacial score (nSPS) is 20.7. The van der Waals surface area contributed by atoms with Crippen molar-refractivity contribution in [1.82, 2.24) is 9.47 Å². The van der Waals surface area contributed by atoms with Crippen LogP contribution in [0.4, 0.5) is 0 Å². The molecule has 6 nitrogen and oxygen atoms in total. The quantitative estimate of drug-likeness (QED) is 0.765. The molecule has 6 heteroatoms. The van der Waals surface area contributed by atoms with E-state index in [0.29, 0.717) is 37.1 Å². The topological polar surface area (TPSA) is 60.8 Å². The minimum absolute atomic E-state index is 0.00351. The molecule has 0 saturated carbocycles. The van der Waals surface area contributed by atoms with Crippen molar-refractivity contribution in [2.75, 3.05) is 27.3 Å². The maximum Gasteiger partial charge on any atom is 0.250 e. The molecule has 2 bridgehead atoms. The van der Waals surface area contributed by atoms with Crippen LogP contribution in [0, 0.1) is 5.92 Å². The van der Waals surface area contributed by atoms with E-state index >= 15 is 0 Å². The summed E-state index contributed by atoms with van der Waals surface area (Å²) >= 11 is 0. The van der Waals surface area contributed by atoms with E-state index in [1.165, 1.54) is 0 Å². The van der Waals surface area contributed by atoms with E-state index in [2.05, 4.69) is 0 Å². The number of carbonyl (C=O) groups excluding carboxylic acids is 1. The van der Waals surface area contributed by atoms with Crippen molar-refractivity contribution in [3.8, 4) is 11.5 Å².